The standard InChI is InChI=1S/C21H19N7O3S2/c1-15-25-26-21(28(15)17-6-3-2-4-7-17)32-14-19(29)24-16-8-10-18(11-9-16)33(30,31)27-20-22-12-5-13-23-20/h2-13H,14H2,1H3,(H,24,29)(H,22,23,27). The van der Waals surface area contributed by atoms with Gasteiger partial charge in [0.15, 0.2) is 5.16 Å². The van der Waals surface area contributed by atoms with Gasteiger partial charge in [-0.05, 0) is 49.4 Å². The number of hydrogen-bond donors (Lipinski definition) is 2. The van der Waals surface area contributed by atoms with Crippen LogP contribution in [0.4, 0.5) is 11.6 Å². The molecule has 0 aliphatic carbocycles. The van der Waals surface area contributed by atoms with E-state index in [1.54, 1.807) is 6.07 Å². The monoisotopic (exact) mass is 481 g/mol. The van der Waals surface area contributed by atoms with Crippen LogP contribution in [0.3, 0.4) is 0 Å². The summed E-state index contributed by atoms with van der Waals surface area (Å²) in [5, 5.41) is 11.6. The predicted octanol–water partition coefficient (Wildman–Crippen LogP) is 2.90. The lowest BCUT2D eigenvalue weighted by molar-refractivity contribution is -0.113. The Morgan fingerprint density at radius 3 is 2.36 bits per heavy atom. The minimum absolute atomic E-state index is 0.0220. The van der Waals surface area contributed by atoms with Crippen molar-refractivity contribution in [2.45, 2.75) is 17.0 Å². The van der Waals surface area contributed by atoms with Crippen molar-refractivity contribution in [3.8, 4) is 5.69 Å². The Kier molecular flexibility index (Phi) is 6.66. The number of carbonyl (C=O) groups is 1. The Balaban J connectivity index is 1.37. The summed E-state index contributed by atoms with van der Waals surface area (Å²) >= 11 is 1.26. The van der Waals surface area contributed by atoms with Gasteiger partial charge < -0.3 is 5.32 Å². The van der Waals surface area contributed by atoms with Gasteiger partial charge in [-0.2, -0.15) is 0 Å². The Morgan fingerprint density at radius 2 is 1.67 bits per heavy atom. The average molecular weight is 482 g/mol. The second-order valence-electron chi connectivity index (χ2n) is 6.74. The summed E-state index contributed by atoms with van der Waals surface area (Å²) in [7, 11) is -3.84. The zero-order valence-electron chi connectivity index (χ0n) is 17.4. The largest absolute Gasteiger partial charge is 0.325 e. The molecule has 0 aliphatic rings. The smallest absolute Gasteiger partial charge is 0.264 e. The highest BCUT2D eigenvalue weighted by Crippen LogP contribution is 2.22. The second kappa shape index (κ2) is 9.79. The molecule has 4 rings (SSSR count). The van der Waals surface area contributed by atoms with E-state index < -0.39 is 10.0 Å². The van der Waals surface area contributed by atoms with Gasteiger partial charge in [0.05, 0.1) is 10.6 Å². The van der Waals surface area contributed by atoms with E-state index in [2.05, 4.69) is 30.2 Å². The summed E-state index contributed by atoms with van der Waals surface area (Å²) in [6.07, 6.45) is 2.87. The number of nitrogens with zero attached hydrogens (tertiary/aromatic N) is 5. The summed E-state index contributed by atoms with van der Waals surface area (Å²) in [5.41, 5.74) is 1.38. The molecule has 10 nitrogen and oxygen atoms in total. The SMILES string of the molecule is Cc1nnc(SCC(=O)Nc2ccc(S(=O)(=O)Nc3ncccn3)cc2)n1-c1ccccc1. The third-order valence-corrected chi connectivity index (χ3v) is 6.65. The first-order chi connectivity index (χ1) is 15.9. The van der Waals surface area contributed by atoms with Crippen LogP contribution in [0.1, 0.15) is 5.82 Å². The number of nitrogens with one attached hydrogen (secondary N) is 2. The van der Waals surface area contributed by atoms with Gasteiger partial charge in [0.2, 0.25) is 11.9 Å². The zero-order chi connectivity index (χ0) is 23.3. The molecule has 33 heavy (non-hydrogen) atoms. The molecule has 2 heterocycles. The van der Waals surface area contributed by atoms with E-state index in [0.29, 0.717) is 10.8 Å². The summed E-state index contributed by atoms with van der Waals surface area (Å²) in [5.74, 6) is 0.547. The number of para-hydroxylation sites is 1. The van der Waals surface area contributed by atoms with Gasteiger partial charge in [-0.15, -0.1) is 10.2 Å². The molecule has 0 aliphatic heterocycles. The first-order valence-corrected chi connectivity index (χ1v) is 12.2. The minimum Gasteiger partial charge on any atom is -0.325 e. The number of carbonyl (C=O) groups excluding carboxylic acids is 1. The average Bonchev–Trinajstić information content (AvgIpc) is 3.19. The van der Waals surface area contributed by atoms with Crippen molar-refractivity contribution < 1.29 is 13.2 Å². The number of benzene rings is 2. The molecule has 0 bridgehead atoms. The van der Waals surface area contributed by atoms with Gasteiger partial charge in [-0.3, -0.25) is 9.36 Å². The Hall–Kier alpha value is -3.77. The molecule has 168 valence electrons. The summed E-state index contributed by atoms with van der Waals surface area (Å²) in [6.45, 7) is 1.85. The molecule has 0 radical (unpaired) electrons. The number of anilines is 2. The maximum atomic E-state index is 12.4. The molecule has 0 saturated carbocycles. The fourth-order valence-corrected chi connectivity index (χ4v) is 4.64. The van der Waals surface area contributed by atoms with Gasteiger partial charge in [0.1, 0.15) is 5.82 Å². The Morgan fingerprint density at radius 1 is 0.970 bits per heavy atom. The summed E-state index contributed by atoms with van der Waals surface area (Å²) in [6, 6.07) is 17.0. The second-order valence-corrected chi connectivity index (χ2v) is 9.36. The Bertz CT molecular complexity index is 1340. The van der Waals surface area contributed by atoms with Crippen molar-refractivity contribution in [3.63, 3.8) is 0 Å². The molecule has 2 N–H and O–H groups in total. The molecule has 0 spiro atoms. The van der Waals surface area contributed by atoms with E-state index in [4.69, 9.17) is 0 Å². The summed E-state index contributed by atoms with van der Waals surface area (Å²) in [4.78, 5) is 20.1. The van der Waals surface area contributed by atoms with Crippen molar-refractivity contribution in [2.75, 3.05) is 15.8 Å². The van der Waals surface area contributed by atoms with Crippen LogP contribution in [0, 0.1) is 6.92 Å². The molecule has 0 saturated heterocycles. The van der Waals surface area contributed by atoms with Crippen LogP contribution in [0.25, 0.3) is 5.69 Å². The molecular weight excluding hydrogens is 462 g/mol. The number of aryl methyl sites for hydroxylation is 1. The minimum atomic E-state index is -3.84. The van der Waals surface area contributed by atoms with Crippen LogP contribution in [0.15, 0.2) is 83.1 Å². The normalized spacial score (nSPS) is 11.2. The molecule has 0 fully saturated rings. The first-order valence-electron chi connectivity index (χ1n) is 9.72. The number of amides is 1. The van der Waals surface area contributed by atoms with Crippen molar-refractivity contribution in [1.82, 2.24) is 24.7 Å². The number of hydrogen-bond acceptors (Lipinski definition) is 8. The topological polar surface area (TPSA) is 132 Å². The molecular formula is C21H19N7O3S2. The molecule has 0 atom stereocenters. The third-order valence-electron chi connectivity index (χ3n) is 4.38. The highest BCUT2D eigenvalue weighted by atomic mass is 32.2. The van der Waals surface area contributed by atoms with Gasteiger partial charge in [0.25, 0.3) is 10.0 Å². The van der Waals surface area contributed by atoms with E-state index in [-0.39, 0.29) is 22.5 Å². The fourth-order valence-electron chi connectivity index (χ4n) is 2.89. The molecule has 0 unspecified atom stereocenters. The van der Waals surface area contributed by atoms with E-state index in [0.717, 1.165) is 11.5 Å². The van der Waals surface area contributed by atoms with Crippen molar-refractivity contribution in [2.24, 2.45) is 0 Å². The lowest BCUT2D eigenvalue weighted by atomic mass is 10.3. The van der Waals surface area contributed by atoms with Crippen LogP contribution in [-0.4, -0.2) is 44.8 Å². The maximum absolute atomic E-state index is 12.4. The van der Waals surface area contributed by atoms with Gasteiger partial charge in [-0.25, -0.2) is 23.1 Å². The quantitative estimate of drug-likeness (QED) is 0.367. The zero-order valence-corrected chi connectivity index (χ0v) is 19.0. The number of aromatic nitrogens is 5. The lowest BCUT2D eigenvalue weighted by Crippen LogP contribution is -2.16. The van der Waals surface area contributed by atoms with Crippen LogP contribution in [0.5, 0.6) is 0 Å². The van der Waals surface area contributed by atoms with E-state index in [1.165, 1.54) is 48.4 Å². The van der Waals surface area contributed by atoms with E-state index >= 15 is 0 Å². The first kappa shape index (κ1) is 22.4. The molecule has 1 amide bonds. The lowest BCUT2D eigenvalue weighted by Gasteiger charge is -2.09. The fraction of sp³-hybridized carbons (Fsp3) is 0.0952. The molecule has 2 aromatic heterocycles. The number of sulfonamides is 1. The van der Waals surface area contributed by atoms with Crippen LogP contribution in [0.2, 0.25) is 0 Å². The van der Waals surface area contributed by atoms with E-state index in [9.17, 15) is 13.2 Å². The molecule has 2 aromatic carbocycles. The Labute approximate surface area is 194 Å². The van der Waals surface area contributed by atoms with Crippen LogP contribution < -0.4 is 10.0 Å². The van der Waals surface area contributed by atoms with Gasteiger partial charge >= 0.3 is 0 Å². The highest BCUT2D eigenvalue weighted by Gasteiger charge is 2.16. The number of rotatable bonds is 8. The van der Waals surface area contributed by atoms with Crippen LogP contribution >= 0.6 is 11.8 Å². The number of thioether (sulfide) groups is 1. The molecule has 12 heteroatoms. The van der Waals surface area contributed by atoms with Gasteiger partial charge in [0, 0.05) is 23.8 Å². The highest BCUT2D eigenvalue weighted by molar-refractivity contribution is 7.99. The predicted molar refractivity (Wildman–Crippen MR) is 125 cm³/mol. The van der Waals surface area contributed by atoms with Gasteiger partial charge in [-0.1, -0.05) is 30.0 Å². The van der Waals surface area contributed by atoms with Crippen molar-refractivity contribution >= 4 is 39.3 Å². The maximum Gasteiger partial charge on any atom is 0.264 e. The van der Waals surface area contributed by atoms with Crippen molar-refractivity contribution in [1.29, 1.82) is 0 Å². The van der Waals surface area contributed by atoms with Crippen LogP contribution in [-0.2, 0) is 14.8 Å². The van der Waals surface area contributed by atoms with E-state index in [1.807, 2.05) is 41.8 Å². The molecule has 4 aromatic rings. The van der Waals surface area contributed by atoms with Crippen molar-refractivity contribution in [3.05, 3.63) is 78.9 Å². The third kappa shape index (κ3) is 5.54. The summed E-state index contributed by atoms with van der Waals surface area (Å²) < 4.78 is 29.1.